The predicted octanol–water partition coefficient (Wildman–Crippen LogP) is 2.76. The summed E-state index contributed by atoms with van der Waals surface area (Å²) in [6, 6.07) is 2.45. The Bertz CT molecular complexity index is 817. The SMILES string of the molecule is O=C(c1cnc2c(c1)ncn2C1CCCC1)N1CCCC2(CCNC2)C1. The number of pyridine rings is 1. The lowest BCUT2D eigenvalue weighted by molar-refractivity contribution is 0.0553. The summed E-state index contributed by atoms with van der Waals surface area (Å²) in [6.07, 6.45) is 12.1. The van der Waals surface area contributed by atoms with Crippen molar-refractivity contribution in [1.82, 2.24) is 24.8 Å². The largest absolute Gasteiger partial charge is 0.338 e. The molecule has 1 spiro atoms. The number of aromatic nitrogens is 3. The van der Waals surface area contributed by atoms with E-state index in [9.17, 15) is 4.79 Å². The highest BCUT2D eigenvalue weighted by atomic mass is 16.2. The number of hydrogen-bond donors (Lipinski definition) is 1. The Morgan fingerprint density at radius 1 is 1.19 bits per heavy atom. The number of carbonyl (C=O) groups excluding carboxylic acids is 1. The third kappa shape index (κ3) is 2.71. The Kier molecular flexibility index (Phi) is 3.96. The highest BCUT2D eigenvalue weighted by Gasteiger charge is 2.39. The van der Waals surface area contributed by atoms with Gasteiger partial charge in [0.2, 0.25) is 0 Å². The molecule has 26 heavy (non-hydrogen) atoms. The van der Waals surface area contributed by atoms with Crippen molar-refractivity contribution in [2.75, 3.05) is 26.2 Å². The number of nitrogens with one attached hydrogen (secondary N) is 1. The van der Waals surface area contributed by atoms with Crippen molar-refractivity contribution in [3.05, 3.63) is 24.2 Å². The summed E-state index contributed by atoms with van der Waals surface area (Å²) >= 11 is 0. The lowest BCUT2D eigenvalue weighted by Gasteiger charge is -2.40. The zero-order valence-electron chi connectivity index (χ0n) is 15.3. The zero-order valence-corrected chi connectivity index (χ0v) is 15.3. The molecular weight excluding hydrogens is 326 g/mol. The minimum absolute atomic E-state index is 0.112. The molecule has 3 aliphatic rings. The van der Waals surface area contributed by atoms with Gasteiger partial charge in [-0.25, -0.2) is 9.97 Å². The Balaban J connectivity index is 1.39. The van der Waals surface area contributed by atoms with Crippen LogP contribution in [0.5, 0.6) is 0 Å². The summed E-state index contributed by atoms with van der Waals surface area (Å²) in [6.45, 7) is 3.84. The fraction of sp³-hybridized carbons (Fsp3) is 0.650. The molecule has 1 saturated carbocycles. The number of piperidine rings is 1. The van der Waals surface area contributed by atoms with Crippen molar-refractivity contribution in [2.45, 2.75) is 51.0 Å². The van der Waals surface area contributed by atoms with E-state index < -0.39 is 0 Å². The van der Waals surface area contributed by atoms with Crippen LogP contribution in [0.1, 0.15) is 61.3 Å². The fourth-order valence-corrected chi connectivity index (χ4v) is 5.19. The molecule has 0 bridgehead atoms. The number of hydrogen-bond acceptors (Lipinski definition) is 4. The molecular formula is C20H27N5O. The molecule has 4 heterocycles. The maximum atomic E-state index is 13.1. The average Bonchev–Trinajstić information content (AvgIpc) is 3.41. The van der Waals surface area contributed by atoms with Gasteiger partial charge in [-0.15, -0.1) is 0 Å². The summed E-state index contributed by atoms with van der Waals surface area (Å²) in [5, 5.41) is 3.47. The molecule has 1 unspecified atom stereocenters. The monoisotopic (exact) mass is 353 g/mol. The summed E-state index contributed by atoms with van der Waals surface area (Å²) in [5.41, 5.74) is 2.73. The molecule has 2 aromatic heterocycles. The predicted molar refractivity (Wildman–Crippen MR) is 100 cm³/mol. The van der Waals surface area contributed by atoms with Crippen LogP contribution in [0.4, 0.5) is 0 Å². The van der Waals surface area contributed by atoms with E-state index in [0.29, 0.717) is 11.6 Å². The molecule has 1 aliphatic carbocycles. The maximum Gasteiger partial charge on any atom is 0.255 e. The number of amides is 1. The Labute approximate surface area is 154 Å². The van der Waals surface area contributed by atoms with Gasteiger partial charge < -0.3 is 14.8 Å². The summed E-state index contributed by atoms with van der Waals surface area (Å²) in [5.74, 6) is 0.112. The van der Waals surface area contributed by atoms with E-state index in [2.05, 4.69) is 19.9 Å². The van der Waals surface area contributed by atoms with Crippen LogP contribution in [-0.2, 0) is 0 Å². The lowest BCUT2D eigenvalue weighted by atomic mass is 9.79. The highest BCUT2D eigenvalue weighted by molar-refractivity contribution is 5.96. The first-order valence-corrected chi connectivity index (χ1v) is 10.1. The van der Waals surface area contributed by atoms with Crippen LogP contribution < -0.4 is 5.32 Å². The number of likely N-dealkylation sites (tertiary alicyclic amines) is 1. The molecule has 2 aliphatic heterocycles. The van der Waals surface area contributed by atoms with Crippen LogP contribution in [0.25, 0.3) is 11.2 Å². The number of rotatable bonds is 2. The van der Waals surface area contributed by atoms with E-state index in [1.807, 2.05) is 17.3 Å². The van der Waals surface area contributed by atoms with Crippen LogP contribution >= 0.6 is 0 Å². The Morgan fingerprint density at radius 2 is 2.08 bits per heavy atom. The second-order valence-corrected chi connectivity index (χ2v) is 8.41. The molecule has 2 saturated heterocycles. The molecule has 0 aromatic carbocycles. The smallest absolute Gasteiger partial charge is 0.255 e. The van der Waals surface area contributed by atoms with E-state index >= 15 is 0 Å². The standard InChI is InChI=1S/C20H27N5O/c26-19(24-9-3-6-20(13-24)7-8-21-12-20)15-10-17-18(22-11-15)25(14-23-17)16-4-1-2-5-16/h10-11,14,16,21H,1-9,12-13H2. The molecule has 6 nitrogen and oxygen atoms in total. The van der Waals surface area contributed by atoms with Gasteiger partial charge in [-0.1, -0.05) is 12.8 Å². The third-order valence-electron chi connectivity index (χ3n) is 6.66. The molecule has 6 heteroatoms. The van der Waals surface area contributed by atoms with Crippen molar-refractivity contribution in [3.63, 3.8) is 0 Å². The average molecular weight is 353 g/mol. The molecule has 3 fully saturated rings. The van der Waals surface area contributed by atoms with E-state index in [0.717, 1.165) is 43.8 Å². The minimum atomic E-state index is 0.112. The Hall–Kier alpha value is -1.95. The second kappa shape index (κ2) is 6.34. The number of imidazole rings is 1. The molecule has 138 valence electrons. The molecule has 1 atom stereocenters. The van der Waals surface area contributed by atoms with Crippen molar-refractivity contribution in [2.24, 2.45) is 5.41 Å². The minimum Gasteiger partial charge on any atom is -0.338 e. The van der Waals surface area contributed by atoms with Gasteiger partial charge in [-0.05, 0) is 44.7 Å². The maximum absolute atomic E-state index is 13.1. The van der Waals surface area contributed by atoms with Gasteiger partial charge in [0.25, 0.3) is 5.91 Å². The Morgan fingerprint density at radius 3 is 2.88 bits per heavy atom. The van der Waals surface area contributed by atoms with Crippen molar-refractivity contribution >= 4 is 17.1 Å². The van der Waals surface area contributed by atoms with Crippen LogP contribution in [0, 0.1) is 5.41 Å². The molecule has 1 N–H and O–H groups in total. The lowest BCUT2D eigenvalue weighted by Crippen LogP contribution is -2.47. The second-order valence-electron chi connectivity index (χ2n) is 8.41. The molecule has 0 radical (unpaired) electrons. The quantitative estimate of drug-likeness (QED) is 0.902. The van der Waals surface area contributed by atoms with Crippen LogP contribution in [0.3, 0.4) is 0 Å². The topological polar surface area (TPSA) is 63.1 Å². The normalized spacial score (nSPS) is 27.0. The number of fused-ring (bicyclic) bond motifs is 1. The molecule has 5 rings (SSSR count). The fourth-order valence-electron chi connectivity index (χ4n) is 5.19. The van der Waals surface area contributed by atoms with E-state index in [4.69, 9.17) is 0 Å². The van der Waals surface area contributed by atoms with Crippen LogP contribution in [0.2, 0.25) is 0 Å². The summed E-state index contributed by atoms with van der Waals surface area (Å²) < 4.78 is 2.21. The van der Waals surface area contributed by atoms with Crippen LogP contribution in [-0.4, -0.2) is 51.5 Å². The molecule has 2 aromatic rings. The highest BCUT2D eigenvalue weighted by Crippen LogP contribution is 2.36. The first-order chi connectivity index (χ1) is 12.7. The molecule has 1 amide bonds. The van der Waals surface area contributed by atoms with E-state index in [-0.39, 0.29) is 11.3 Å². The first kappa shape index (κ1) is 16.2. The van der Waals surface area contributed by atoms with E-state index in [1.165, 1.54) is 38.5 Å². The van der Waals surface area contributed by atoms with Crippen molar-refractivity contribution in [3.8, 4) is 0 Å². The van der Waals surface area contributed by atoms with Gasteiger partial charge >= 0.3 is 0 Å². The summed E-state index contributed by atoms with van der Waals surface area (Å²) in [4.78, 5) is 24.3. The van der Waals surface area contributed by atoms with Gasteiger partial charge in [0, 0.05) is 37.3 Å². The van der Waals surface area contributed by atoms with Gasteiger partial charge in [-0.2, -0.15) is 0 Å². The first-order valence-electron chi connectivity index (χ1n) is 10.1. The third-order valence-corrected chi connectivity index (χ3v) is 6.66. The van der Waals surface area contributed by atoms with Gasteiger partial charge in [0.1, 0.15) is 5.52 Å². The van der Waals surface area contributed by atoms with Gasteiger partial charge in [-0.3, -0.25) is 4.79 Å². The van der Waals surface area contributed by atoms with Crippen molar-refractivity contribution in [1.29, 1.82) is 0 Å². The van der Waals surface area contributed by atoms with Crippen LogP contribution in [0.15, 0.2) is 18.6 Å². The van der Waals surface area contributed by atoms with Gasteiger partial charge in [0.05, 0.1) is 11.9 Å². The van der Waals surface area contributed by atoms with Crippen molar-refractivity contribution < 1.29 is 4.79 Å². The van der Waals surface area contributed by atoms with Gasteiger partial charge in [0.15, 0.2) is 5.65 Å². The number of carbonyl (C=O) groups is 1. The summed E-state index contributed by atoms with van der Waals surface area (Å²) in [7, 11) is 0. The zero-order chi connectivity index (χ0) is 17.6. The van der Waals surface area contributed by atoms with E-state index in [1.54, 1.807) is 6.20 Å². The number of nitrogens with zero attached hydrogens (tertiary/aromatic N) is 4.